The van der Waals surface area contributed by atoms with Crippen molar-refractivity contribution in [2.75, 3.05) is 7.11 Å². The highest BCUT2D eigenvalue weighted by atomic mass is 16.5. The van der Waals surface area contributed by atoms with Crippen LogP contribution in [0.4, 0.5) is 0 Å². The lowest BCUT2D eigenvalue weighted by molar-refractivity contribution is -0.00497. The van der Waals surface area contributed by atoms with Crippen molar-refractivity contribution in [2.45, 2.75) is 38.4 Å². The van der Waals surface area contributed by atoms with Gasteiger partial charge in [0, 0.05) is 7.11 Å². The van der Waals surface area contributed by atoms with Gasteiger partial charge in [-0.2, -0.15) is 0 Å². The molecule has 1 aromatic carbocycles. The van der Waals surface area contributed by atoms with Gasteiger partial charge < -0.3 is 9.84 Å². The first-order valence-electron chi connectivity index (χ1n) is 5.49. The summed E-state index contributed by atoms with van der Waals surface area (Å²) in [6.45, 7) is 1.90. The van der Waals surface area contributed by atoms with Crippen LogP contribution in [0.3, 0.4) is 0 Å². The molecule has 2 heteroatoms. The smallest absolute Gasteiger partial charge is 0.0802 e. The first-order chi connectivity index (χ1) is 7.24. The molecule has 1 N–H and O–H groups in total. The Bertz CT molecular complexity index is 258. The lowest BCUT2D eigenvalue weighted by Crippen LogP contribution is -2.24. The maximum absolute atomic E-state index is 9.67. The molecule has 0 aliphatic carbocycles. The fourth-order valence-electron chi connectivity index (χ4n) is 1.55. The molecule has 0 bridgehead atoms. The topological polar surface area (TPSA) is 29.5 Å². The van der Waals surface area contributed by atoms with Crippen molar-refractivity contribution >= 4 is 0 Å². The molecule has 0 aliphatic rings. The van der Waals surface area contributed by atoms with E-state index in [4.69, 9.17) is 4.74 Å². The van der Waals surface area contributed by atoms with Crippen LogP contribution in [0.5, 0.6) is 0 Å². The van der Waals surface area contributed by atoms with Gasteiger partial charge in [0.25, 0.3) is 0 Å². The Morgan fingerprint density at radius 2 is 1.93 bits per heavy atom. The summed E-state index contributed by atoms with van der Waals surface area (Å²) < 4.78 is 5.06. The monoisotopic (exact) mass is 208 g/mol. The molecular weight excluding hydrogens is 188 g/mol. The molecule has 0 aromatic heterocycles. The zero-order chi connectivity index (χ0) is 11.1. The van der Waals surface area contributed by atoms with Gasteiger partial charge in [-0.15, -0.1) is 0 Å². The molecule has 84 valence electrons. The summed E-state index contributed by atoms with van der Waals surface area (Å²) in [5.74, 6) is 0. The zero-order valence-electron chi connectivity index (χ0n) is 9.52. The van der Waals surface area contributed by atoms with Crippen molar-refractivity contribution in [3.63, 3.8) is 0 Å². The van der Waals surface area contributed by atoms with Crippen LogP contribution in [-0.2, 0) is 11.2 Å². The third-order valence-corrected chi connectivity index (χ3v) is 2.72. The Balaban J connectivity index is 2.22. The van der Waals surface area contributed by atoms with E-state index < -0.39 is 0 Å². The second-order valence-electron chi connectivity index (χ2n) is 3.89. The van der Waals surface area contributed by atoms with Gasteiger partial charge in [-0.1, -0.05) is 30.3 Å². The lowest BCUT2D eigenvalue weighted by atomic mass is 10.0. The largest absolute Gasteiger partial charge is 0.390 e. The number of aryl methyl sites for hydroxylation is 1. The number of rotatable bonds is 6. The van der Waals surface area contributed by atoms with Gasteiger partial charge in [0.1, 0.15) is 0 Å². The van der Waals surface area contributed by atoms with E-state index in [0.717, 1.165) is 19.3 Å². The zero-order valence-corrected chi connectivity index (χ0v) is 9.52. The van der Waals surface area contributed by atoms with Crippen LogP contribution in [0.2, 0.25) is 0 Å². The Morgan fingerprint density at radius 3 is 2.53 bits per heavy atom. The molecule has 0 saturated carbocycles. The molecule has 2 nitrogen and oxygen atoms in total. The van der Waals surface area contributed by atoms with E-state index >= 15 is 0 Å². The first-order valence-corrected chi connectivity index (χ1v) is 5.49. The van der Waals surface area contributed by atoms with E-state index in [2.05, 4.69) is 12.1 Å². The number of hydrogen-bond acceptors (Lipinski definition) is 2. The predicted octanol–water partition coefficient (Wildman–Crippen LogP) is 2.41. The number of aliphatic hydroxyl groups excluding tert-OH is 1. The summed E-state index contributed by atoms with van der Waals surface area (Å²) in [6.07, 6.45) is 2.40. The summed E-state index contributed by atoms with van der Waals surface area (Å²) in [6, 6.07) is 10.3. The second-order valence-corrected chi connectivity index (χ2v) is 3.89. The Labute approximate surface area is 91.9 Å². The van der Waals surface area contributed by atoms with Gasteiger partial charge in [0.2, 0.25) is 0 Å². The SMILES string of the molecule is COC(C)C(O)CCCc1ccccc1. The third kappa shape index (κ3) is 4.45. The minimum Gasteiger partial charge on any atom is -0.390 e. The second kappa shape index (κ2) is 6.59. The normalized spacial score (nSPS) is 14.9. The average Bonchev–Trinajstić information content (AvgIpc) is 2.29. The molecule has 0 amide bonds. The highest BCUT2D eigenvalue weighted by Crippen LogP contribution is 2.09. The van der Waals surface area contributed by atoms with Crippen molar-refractivity contribution in [2.24, 2.45) is 0 Å². The van der Waals surface area contributed by atoms with Crippen LogP contribution >= 0.6 is 0 Å². The van der Waals surface area contributed by atoms with E-state index in [9.17, 15) is 5.11 Å². The van der Waals surface area contributed by atoms with E-state index in [1.165, 1.54) is 5.56 Å². The molecule has 1 aromatic rings. The molecule has 0 fully saturated rings. The first kappa shape index (κ1) is 12.2. The molecule has 0 aliphatic heterocycles. The Kier molecular flexibility index (Phi) is 5.37. The maximum atomic E-state index is 9.67. The molecular formula is C13H20O2. The Hall–Kier alpha value is -0.860. The van der Waals surface area contributed by atoms with Gasteiger partial charge in [0.05, 0.1) is 12.2 Å². The van der Waals surface area contributed by atoms with Crippen molar-refractivity contribution in [3.8, 4) is 0 Å². The number of methoxy groups -OCH3 is 1. The Morgan fingerprint density at radius 1 is 1.27 bits per heavy atom. The van der Waals surface area contributed by atoms with Crippen LogP contribution in [-0.4, -0.2) is 24.4 Å². The quantitative estimate of drug-likeness (QED) is 0.778. The average molecular weight is 208 g/mol. The standard InChI is InChI=1S/C13H20O2/c1-11(15-2)13(14)10-6-9-12-7-4-3-5-8-12/h3-5,7-8,11,13-14H,6,9-10H2,1-2H3. The maximum Gasteiger partial charge on any atom is 0.0802 e. The van der Waals surface area contributed by atoms with Crippen molar-refractivity contribution in [1.82, 2.24) is 0 Å². The van der Waals surface area contributed by atoms with Gasteiger partial charge >= 0.3 is 0 Å². The third-order valence-electron chi connectivity index (χ3n) is 2.72. The van der Waals surface area contributed by atoms with Crippen LogP contribution < -0.4 is 0 Å². The van der Waals surface area contributed by atoms with Crippen LogP contribution in [0, 0.1) is 0 Å². The van der Waals surface area contributed by atoms with E-state index in [1.807, 2.05) is 25.1 Å². The van der Waals surface area contributed by atoms with Crippen molar-refractivity contribution in [3.05, 3.63) is 35.9 Å². The molecule has 1 rings (SSSR count). The van der Waals surface area contributed by atoms with Crippen LogP contribution in [0.25, 0.3) is 0 Å². The molecule has 0 radical (unpaired) electrons. The molecule has 2 atom stereocenters. The molecule has 0 heterocycles. The lowest BCUT2D eigenvalue weighted by Gasteiger charge is -2.16. The highest BCUT2D eigenvalue weighted by Gasteiger charge is 2.12. The van der Waals surface area contributed by atoms with E-state index in [-0.39, 0.29) is 12.2 Å². The van der Waals surface area contributed by atoms with Crippen LogP contribution in [0.15, 0.2) is 30.3 Å². The van der Waals surface area contributed by atoms with Gasteiger partial charge in [-0.3, -0.25) is 0 Å². The minimum atomic E-state index is -0.348. The highest BCUT2D eigenvalue weighted by molar-refractivity contribution is 5.14. The summed E-state index contributed by atoms with van der Waals surface area (Å²) in [4.78, 5) is 0. The number of ether oxygens (including phenoxy) is 1. The van der Waals surface area contributed by atoms with E-state index in [1.54, 1.807) is 7.11 Å². The van der Waals surface area contributed by atoms with Crippen LogP contribution in [0.1, 0.15) is 25.3 Å². The molecule has 0 spiro atoms. The summed E-state index contributed by atoms with van der Waals surface area (Å²) in [5, 5.41) is 9.67. The van der Waals surface area contributed by atoms with Crippen molar-refractivity contribution in [1.29, 1.82) is 0 Å². The molecule has 0 saturated heterocycles. The number of aliphatic hydroxyl groups is 1. The van der Waals surface area contributed by atoms with Crippen molar-refractivity contribution < 1.29 is 9.84 Å². The summed E-state index contributed by atoms with van der Waals surface area (Å²) >= 11 is 0. The number of benzene rings is 1. The fraction of sp³-hybridized carbons (Fsp3) is 0.538. The molecule has 15 heavy (non-hydrogen) atoms. The molecule has 2 unspecified atom stereocenters. The summed E-state index contributed by atoms with van der Waals surface area (Å²) in [7, 11) is 1.63. The van der Waals surface area contributed by atoms with Gasteiger partial charge in [-0.25, -0.2) is 0 Å². The predicted molar refractivity (Wildman–Crippen MR) is 61.9 cm³/mol. The fourth-order valence-corrected chi connectivity index (χ4v) is 1.55. The number of hydrogen-bond donors (Lipinski definition) is 1. The van der Waals surface area contributed by atoms with Gasteiger partial charge in [0.15, 0.2) is 0 Å². The van der Waals surface area contributed by atoms with Gasteiger partial charge in [-0.05, 0) is 31.7 Å². The minimum absolute atomic E-state index is 0.0687. The van der Waals surface area contributed by atoms with E-state index in [0.29, 0.717) is 0 Å². The summed E-state index contributed by atoms with van der Waals surface area (Å²) in [5.41, 5.74) is 1.33.